The highest BCUT2D eigenvalue weighted by Gasteiger charge is 2.22. The van der Waals surface area contributed by atoms with E-state index in [1.165, 1.54) is 6.42 Å². The molecule has 1 aromatic carbocycles. The summed E-state index contributed by atoms with van der Waals surface area (Å²) in [5, 5.41) is 0. The summed E-state index contributed by atoms with van der Waals surface area (Å²) in [5.41, 5.74) is 8.16. The average molecular weight is 232 g/mol. The van der Waals surface area contributed by atoms with Crippen molar-refractivity contribution in [3.63, 3.8) is 0 Å². The number of carbonyl (C=O) groups excluding carboxylic acids is 1. The predicted octanol–water partition coefficient (Wildman–Crippen LogP) is 2.45. The van der Waals surface area contributed by atoms with E-state index in [4.69, 9.17) is 5.73 Å². The molecular formula is C14H20N2O. The Kier molecular flexibility index (Phi) is 3.36. The van der Waals surface area contributed by atoms with Crippen LogP contribution in [0.25, 0.3) is 0 Å². The van der Waals surface area contributed by atoms with Gasteiger partial charge in [-0.25, -0.2) is 0 Å². The van der Waals surface area contributed by atoms with Crippen LogP contribution in [0.5, 0.6) is 0 Å². The Balaban J connectivity index is 2.21. The Hall–Kier alpha value is -1.51. The molecule has 3 nitrogen and oxygen atoms in total. The number of nitrogens with two attached hydrogens (primary N) is 1. The van der Waals surface area contributed by atoms with Crippen LogP contribution in [0.3, 0.4) is 0 Å². The first-order valence-corrected chi connectivity index (χ1v) is 6.23. The van der Waals surface area contributed by atoms with Crippen LogP contribution in [0.1, 0.15) is 35.7 Å². The van der Waals surface area contributed by atoms with E-state index in [0.717, 1.165) is 30.6 Å². The van der Waals surface area contributed by atoms with Crippen LogP contribution < -0.4 is 5.73 Å². The Labute approximate surface area is 103 Å². The molecule has 0 saturated carbocycles. The monoisotopic (exact) mass is 232 g/mol. The zero-order valence-corrected chi connectivity index (χ0v) is 10.6. The minimum absolute atomic E-state index is 0.126. The molecule has 2 rings (SSSR count). The molecule has 1 fully saturated rings. The van der Waals surface area contributed by atoms with Gasteiger partial charge in [0.2, 0.25) is 0 Å². The summed E-state index contributed by atoms with van der Waals surface area (Å²) in [6, 6.07) is 5.54. The second kappa shape index (κ2) is 4.78. The maximum Gasteiger partial charge on any atom is 0.254 e. The molecule has 1 aromatic rings. The highest BCUT2D eigenvalue weighted by atomic mass is 16.2. The molecule has 1 amide bonds. The summed E-state index contributed by atoms with van der Waals surface area (Å²) in [4.78, 5) is 14.3. The molecule has 0 radical (unpaired) electrons. The van der Waals surface area contributed by atoms with Crippen LogP contribution in [0.2, 0.25) is 0 Å². The van der Waals surface area contributed by atoms with Gasteiger partial charge >= 0.3 is 0 Å². The van der Waals surface area contributed by atoms with Gasteiger partial charge in [-0.05, 0) is 43.4 Å². The van der Waals surface area contributed by atoms with E-state index in [2.05, 4.69) is 6.92 Å². The second-order valence-electron chi connectivity index (χ2n) is 5.07. The maximum absolute atomic E-state index is 12.4. The van der Waals surface area contributed by atoms with Crippen molar-refractivity contribution in [3.05, 3.63) is 29.3 Å². The van der Waals surface area contributed by atoms with E-state index in [0.29, 0.717) is 11.6 Å². The largest absolute Gasteiger partial charge is 0.399 e. The third kappa shape index (κ3) is 2.60. The van der Waals surface area contributed by atoms with Crippen LogP contribution in [0.15, 0.2) is 18.2 Å². The first-order valence-electron chi connectivity index (χ1n) is 6.23. The molecule has 1 atom stereocenters. The second-order valence-corrected chi connectivity index (χ2v) is 5.07. The number of nitrogen functional groups attached to an aromatic ring is 1. The molecule has 0 aliphatic carbocycles. The van der Waals surface area contributed by atoms with Crippen LogP contribution in [0.4, 0.5) is 5.69 Å². The summed E-state index contributed by atoms with van der Waals surface area (Å²) in [5.74, 6) is 0.732. The minimum Gasteiger partial charge on any atom is -0.399 e. The fraction of sp³-hybridized carbons (Fsp3) is 0.500. The quantitative estimate of drug-likeness (QED) is 0.756. The van der Waals surface area contributed by atoms with Crippen molar-refractivity contribution >= 4 is 11.6 Å². The number of amides is 1. The number of benzene rings is 1. The van der Waals surface area contributed by atoms with Gasteiger partial charge in [0, 0.05) is 24.3 Å². The van der Waals surface area contributed by atoms with Crippen molar-refractivity contribution in [2.24, 2.45) is 5.92 Å². The molecule has 1 heterocycles. The Morgan fingerprint density at radius 2 is 2.24 bits per heavy atom. The standard InChI is InChI=1S/C14H20N2O/c1-10-4-3-7-16(9-10)14(17)13-8-12(15)6-5-11(13)2/h5-6,8,10H,3-4,7,9,15H2,1-2H3. The lowest BCUT2D eigenvalue weighted by Crippen LogP contribution is -2.39. The number of hydrogen-bond acceptors (Lipinski definition) is 2. The molecule has 0 aromatic heterocycles. The van der Waals surface area contributed by atoms with E-state index < -0.39 is 0 Å². The zero-order chi connectivity index (χ0) is 12.4. The van der Waals surface area contributed by atoms with Gasteiger partial charge in [0.05, 0.1) is 0 Å². The fourth-order valence-corrected chi connectivity index (χ4v) is 2.41. The van der Waals surface area contributed by atoms with Gasteiger partial charge in [-0.15, -0.1) is 0 Å². The van der Waals surface area contributed by atoms with Crippen LogP contribution >= 0.6 is 0 Å². The highest BCUT2D eigenvalue weighted by molar-refractivity contribution is 5.96. The molecule has 2 N–H and O–H groups in total. The molecule has 0 bridgehead atoms. The topological polar surface area (TPSA) is 46.3 Å². The van der Waals surface area contributed by atoms with E-state index in [1.54, 1.807) is 6.07 Å². The zero-order valence-electron chi connectivity index (χ0n) is 10.6. The molecule has 1 aliphatic rings. The highest BCUT2D eigenvalue weighted by Crippen LogP contribution is 2.20. The number of carbonyl (C=O) groups is 1. The van der Waals surface area contributed by atoms with Crippen LogP contribution in [-0.4, -0.2) is 23.9 Å². The van der Waals surface area contributed by atoms with Crippen molar-refractivity contribution in [3.8, 4) is 0 Å². The molecule has 92 valence electrons. The van der Waals surface area contributed by atoms with Crippen molar-refractivity contribution in [2.45, 2.75) is 26.7 Å². The molecule has 3 heteroatoms. The molecule has 1 aliphatic heterocycles. The van der Waals surface area contributed by atoms with Crippen molar-refractivity contribution in [2.75, 3.05) is 18.8 Å². The smallest absolute Gasteiger partial charge is 0.254 e. The van der Waals surface area contributed by atoms with Crippen molar-refractivity contribution in [1.82, 2.24) is 4.90 Å². The average Bonchev–Trinajstić information content (AvgIpc) is 2.31. The van der Waals surface area contributed by atoms with Gasteiger partial charge in [0.15, 0.2) is 0 Å². The Morgan fingerprint density at radius 1 is 1.47 bits per heavy atom. The number of rotatable bonds is 1. The lowest BCUT2D eigenvalue weighted by atomic mass is 9.98. The first kappa shape index (κ1) is 12.0. The van der Waals surface area contributed by atoms with Crippen molar-refractivity contribution < 1.29 is 4.79 Å². The van der Waals surface area contributed by atoms with E-state index in [1.807, 2.05) is 24.0 Å². The number of piperidine rings is 1. The molecular weight excluding hydrogens is 212 g/mol. The molecule has 1 saturated heterocycles. The summed E-state index contributed by atoms with van der Waals surface area (Å²) < 4.78 is 0. The van der Waals surface area contributed by atoms with Gasteiger partial charge < -0.3 is 10.6 Å². The predicted molar refractivity (Wildman–Crippen MR) is 69.9 cm³/mol. The summed E-state index contributed by atoms with van der Waals surface area (Å²) in [6.45, 7) is 5.90. The van der Waals surface area contributed by atoms with Gasteiger partial charge in [-0.1, -0.05) is 13.0 Å². The first-order chi connectivity index (χ1) is 8.08. The van der Waals surface area contributed by atoms with E-state index >= 15 is 0 Å². The lowest BCUT2D eigenvalue weighted by Gasteiger charge is -2.31. The summed E-state index contributed by atoms with van der Waals surface area (Å²) >= 11 is 0. The minimum atomic E-state index is 0.126. The van der Waals surface area contributed by atoms with Gasteiger partial charge in [-0.3, -0.25) is 4.79 Å². The Morgan fingerprint density at radius 3 is 2.94 bits per heavy atom. The van der Waals surface area contributed by atoms with Crippen LogP contribution in [0, 0.1) is 12.8 Å². The summed E-state index contributed by atoms with van der Waals surface area (Å²) in [7, 11) is 0. The molecule has 0 spiro atoms. The maximum atomic E-state index is 12.4. The Bertz CT molecular complexity index is 428. The third-order valence-corrected chi connectivity index (χ3v) is 3.44. The van der Waals surface area contributed by atoms with Crippen LogP contribution in [-0.2, 0) is 0 Å². The number of aryl methyl sites for hydroxylation is 1. The molecule has 1 unspecified atom stereocenters. The van der Waals surface area contributed by atoms with Gasteiger partial charge in [0.1, 0.15) is 0 Å². The van der Waals surface area contributed by atoms with E-state index in [9.17, 15) is 4.79 Å². The van der Waals surface area contributed by atoms with Gasteiger partial charge in [-0.2, -0.15) is 0 Å². The third-order valence-electron chi connectivity index (χ3n) is 3.44. The number of nitrogens with zero attached hydrogens (tertiary/aromatic N) is 1. The number of likely N-dealkylation sites (tertiary alicyclic amines) is 1. The normalized spacial score (nSPS) is 20.4. The molecule has 17 heavy (non-hydrogen) atoms. The number of hydrogen-bond donors (Lipinski definition) is 1. The lowest BCUT2D eigenvalue weighted by molar-refractivity contribution is 0.0682. The van der Waals surface area contributed by atoms with E-state index in [-0.39, 0.29) is 5.91 Å². The fourth-order valence-electron chi connectivity index (χ4n) is 2.41. The van der Waals surface area contributed by atoms with Gasteiger partial charge in [0.25, 0.3) is 5.91 Å². The van der Waals surface area contributed by atoms with Crippen molar-refractivity contribution in [1.29, 1.82) is 0 Å². The number of anilines is 1. The summed E-state index contributed by atoms with van der Waals surface area (Å²) in [6.07, 6.45) is 2.33. The SMILES string of the molecule is Cc1ccc(N)cc1C(=O)N1CCCC(C)C1.